The lowest BCUT2D eigenvalue weighted by Crippen LogP contribution is -2.43. The molecule has 1 fully saturated rings. The van der Waals surface area contributed by atoms with Gasteiger partial charge in [0.05, 0.1) is 18.8 Å². The summed E-state index contributed by atoms with van der Waals surface area (Å²) in [4.78, 5) is 0. The summed E-state index contributed by atoms with van der Waals surface area (Å²) in [5, 5.41) is 0.907. The predicted molar refractivity (Wildman–Crippen MR) is 68.2 cm³/mol. The Morgan fingerprint density at radius 2 is 1.62 bits per heavy atom. The third-order valence-corrected chi connectivity index (χ3v) is 4.15. The van der Waals surface area contributed by atoms with Crippen molar-refractivity contribution in [2.45, 2.75) is 43.8 Å². The van der Waals surface area contributed by atoms with Gasteiger partial charge in [-0.15, -0.1) is 0 Å². The standard InChI is InChI=1S/C12H23BrO3/c1-14-8-11(9-15-2)16-12(10-13)6-4-3-5-7-12/h11H,3-10H2,1-2H3. The number of halogens is 1. The summed E-state index contributed by atoms with van der Waals surface area (Å²) in [6, 6.07) is 0. The minimum atomic E-state index is -0.0000231. The van der Waals surface area contributed by atoms with Crippen molar-refractivity contribution in [2.75, 3.05) is 32.8 Å². The Labute approximate surface area is 107 Å². The van der Waals surface area contributed by atoms with E-state index in [0.29, 0.717) is 13.2 Å². The molecule has 3 nitrogen and oxygen atoms in total. The maximum atomic E-state index is 6.21. The molecular weight excluding hydrogens is 272 g/mol. The van der Waals surface area contributed by atoms with Gasteiger partial charge >= 0.3 is 0 Å². The van der Waals surface area contributed by atoms with E-state index in [4.69, 9.17) is 14.2 Å². The van der Waals surface area contributed by atoms with Gasteiger partial charge in [0.15, 0.2) is 0 Å². The molecule has 4 heteroatoms. The summed E-state index contributed by atoms with van der Waals surface area (Å²) < 4.78 is 16.5. The minimum Gasteiger partial charge on any atom is -0.382 e. The summed E-state index contributed by atoms with van der Waals surface area (Å²) >= 11 is 3.59. The fourth-order valence-corrected chi connectivity index (χ4v) is 3.01. The molecule has 0 bridgehead atoms. The van der Waals surface area contributed by atoms with Crippen molar-refractivity contribution in [2.24, 2.45) is 0 Å². The van der Waals surface area contributed by atoms with E-state index in [1.165, 1.54) is 19.3 Å². The molecule has 0 N–H and O–H groups in total. The number of rotatable bonds is 7. The quantitative estimate of drug-likeness (QED) is 0.676. The third-order valence-electron chi connectivity index (χ3n) is 3.13. The SMILES string of the molecule is COCC(COC)OC1(CBr)CCCCC1. The van der Waals surface area contributed by atoms with Crippen LogP contribution in [-0.4, -0.2) is 44.5 Å². The first-order valence-electron chi connectivity index (χ1n) is 5.98. The van der Waals surface area contributed by atoms with Crippen LogP contribution in [0.5, 0.6) is 0 Å². The lowest BCUT2D eigenvalue weighted by molar-refractivity contribution is -0.136. The summed E-state index contributed by atoms with van der Waals surface area (Å²) in [6.45, 7) is 1.20. The maximum Gasteiger partial charge on any atom is 0.105 e. The van der Waals surface area contributed by atoms with Crippen molar-refractivity contribution >= 4 is 15.9 Å². The third kappa shape index (κ3) is 4.32. The predicted octanol–water partition coefficient (Wildman–Crippen LogP) is 2.76. The first kappa shape index (κ1) is 14.4. The molecule has 0 unspecified atom stereocenters. The van der Waals surface area contributed by atoms with Crippen molar-refractivity contribution in [3.8, 4) is 0 Å². The normalized spacial score (nSPS) is 20.2. The van der Waals surface area contributed by atoms with E-state index in [9.17, 15) is 0 Å². The van der Waals surface area contributed by atoms with Gasteiger partial charge in [-0.05, 0) is 12.8 Å². The molecule has 0 spiro atoms. The average molecular weight is 295 g/mol. The topological polar surface area (TPSA) is 27.7 Å². The molecule has 0 aliphatic heterocycles. The van der Waals surface area contributed by atoms with Gasteiger partial charge in [0.1, 0.15) is 6.10 Å². The molecule has 0 aromatic carbocycles. The fraction of sp³-hybridized carbons (Fsp3) is 1.00. The van der Waals surface area contributed by atoms with Crippen molar-refractivity contribution in [3.05, 3.63) is 0 Å². The Balaban J connectivity index is 2.50. The lowest BCUT2D eigenvalue weighted by atomic mass is 9.86. The van der Waals surface area contributed by atoms with Crippen LogP contribution in [0.3, 0.4) is 0 Å². The molecule has 1 rings (SSSR count). The Hall–Kier alpha value is 0.360. The highest BCUT2D eigenvalue weighted by atomic mass is 79.9. The van der Waals surface area contributed by atoms with Crippen LogP contribution >= 0.6 is 15.9 Å². The van der Waals surface area contributed by atoms with E-state index >= 15 is 0 Å². The Morgan fingerprint density at radius 1 is 1.06 bits per heavy atom. The highest BCUT2D eigenvalue weighted by Crippen LogP contribution is 2.34. The van der Waals surface area contributed by atoms with Crippen LogP contribution in [-0.2, 0) is 14.2 Å². The van der Waals surface area contributed by atoms with Gasteiger partial charge in [0, 0.05) is 19.5 Å². The van der Waals surface area contributed by atoms with E-state index < -0.39 is 0 Å². The van der Waals surface area contributed by atoms with Crippen LogP contribution in [0, 0.1) is 0 Å². The second kappa shape index (κ2) is 7.64. The van der Waals surface area contributed by atoms with Gasteiger partial charge in [-0.25, -0.2) is 0 Å². The van der Waals surface area contributed by atoms with Crippen LogP contribution in [0.15, 0.2) is 0 Å². The Bertz CT molecular complexity index is 175. The number of hydrogen-bond acceptors (Lipinski definition) is 3. The molecule has 0 saturated heterocycles. The van der Waals surface area contributed by atoms with Gasteiger partial charge < -0.3 is 14.2 Å². The fourth-order valence-electron chi connectivity index (χ4n) is 2.32. The molecule has 0 aromatic rings. The number of hydrogen-bond donors (Lipinski definition) is 0. The maximum absolute atomic E-state index is 6.21. The molecule has 16 heavy (non-hydrogen) atoms. The highest BCUT2D eigenvalue weighted by Gasteiger charge is 2.34. The molecule has 0 radical (unpaired) electrons. The molecule has 0 amide bonds. The zero-order valence-electron chi connectivity index (χ0n) is 10.3. The van der Waals surface area contributed by atoms with Gasteiger partial charge in [0.25, 0.3) is 0 Å². The largest absolute Gasteiger partial charge is 0.382 e. The second-order valence-corrected chi connectivity index (χ2v) is 5.09. The first-order chi connectivity index (χ1) is 7.76. The molecule has 0 atom stereocenters. The molecule has 1 aliphatic rings. The zero-order chi connectivity index (χ0) is 11.9. The van der Waals surface area contributed by atoms with Gasteiger partial charge in [-0.1, -0.05) is 35.2 Å². The van der Waals surface area contributed by atoms with E-state index in [1.807, 2.05) is 0 Å². The Kier molecular flexibility index (Phi) is 6.89. The smallest absolute Gasteiger partial charge is 0.105 e. The second-order valence-electron chi connectivity index (χ2n) is 4.53. The van der Waals surface area contributed by atoms with Crippen LogP contribution in [0.25, 0.3) is 0 Å². The summed E-state index contributed by atoms with van der Waals surface area (Å²) in [5.41, 5.74) is -0.0000231. The molecule has 96 valence electrons. The van der Waals surface area contributed by atoms with Crippen LogP contribution in [0.1, 0.15) is 32.1 Å². The van der Waals surface area contributed by atoms with Gasteiger partial charge in [-0.2, -0.15) is 0 Å². The van der Waals surface area contributed by atoms with E-state index in [-0.39, 0.29) is 11.7 Å². The van der Waals surface area contributed by atoms with Crippen LogP contribution in [0.4, 0.5) is 0 Å². The number of ether oxygens (including phenoxy) is 3. The monoisotopic (exact) mass is 294 g/mol. The molecule has 0 aromatic heterocycles. The zero-order valence-corrected chi connectivity index (χ0v) is 11.9. The summed E-state index contributed by atoms with van der Waals surface area (Å²) in [5.74, 6) is 0. The van der Waals surface area contributed by atoms with Crippen LogP contribution in [0.2, 0.25) is 0 Å². The number of methoxy groups -OCH3 is 2. The van der Waals surface area contributed by atoms with Gasteiger partial charge in [-0.3, -0.25) is 0 Å². The molecular formula is C12H23BrO3. The lowest BCUT2D eigenvalue weighted by Gasteiger charge is -2.38. The van der Waals surface area contributed by atoms with Crippen molar-refractivity contribution < 1.29 is 14.2 Å². The van der Waals surface area contributed by atoms with Crippen LogP contribution < -0.4 is 0 Å². The van der Waals surface area contributed by atoms with Gasteiger partial charge in [0.2, 0.25) is 0 Å². The first-order valence-corrected chi connectivity index (χ1v) is 7.10. The minimum absolute atomic E-state index is 0.0000231. The number of alkyl halides is 1. The van der Waals surface area contributed by atoms with E-state index in [1.54, 1.807) is 14.2 Å². The molecule has 1 saturated carbocycles. The van der Waals surface area contributed by atoms with E-state index in [2.05, 4.69) is 15.9 Å². The molecule has 0 heterocycles. The van der Waals surface area contributed by atoms with E-state index in [0.717, 1.165) is 18.2 Å². The average Bonchev–Trinajstić information content (AvgIpc) is 2.31. The summed E-state index contributed by atoms with van der Waals surface area (Å²) in [6.07, 6.45) is 6.18. The summed E-state index contributed by atoms with van der Waals surface area (Å²) in [7, 11) is 3.40. The van der Waals surface area contributed by atoms with Crippen molar-refractivity contribution in [3.63, 3.8) is 0 Å². The molecule has 1 aliphatic carbocycles. The van der Waals surface area contributed by atoms with Crippen molar-refractivity contribution in [1.29, 1.82) is 0 Å². The highest BCUT2D eigenvalue weighted by molar-refractivity contribution is 9.09. The van der Waals surface area contributed by atoms with Crippen molar-refractivity contribution in [1.82, 2.24) is 0 Å². The Morgan fingerprint density at radius 3 is 2.06 bits per heavy atom.